The molecule has 0 aromatic heterocycles. The van der Waals surface area contributed by atoms with Gasteiger partial charge in [0, 0.05) is 29.5 Å². The van der Waals surface area contributed by atoms with Crippen LogP contribution in [0.15, 0.2) is 77.3 Å². The third kappa shape index (κ3) is 7.72. The maximum atomic E-state index is 13.9. The summed E-state index contributed by atoms with van der Waals surface area (Å²) in [5.41, 5.74) is 1.75. The average Bonchev–Trinajstić information content (AvgIpc) is 2.89. The highest BCUT2D eigenvalue weighted by Gasteiger charge is 2.33. The second-order valence-electron chi connectivity index (χ2n) is 8.55. The standard InChI is InChI=1S/C27H29BrClN3O5S/c1-30-27(34)24(15-19-7-5-4-6-8-19)31(17-20-9-11-21(28)12-10-20)26(33)18-32(38(3,35)36)23-16-22(29)13-14-25(23)37-2/h4-14,16,24H,15,17-18H2,1-3H3,(H,30,34). The Bertz CT molecular complexity index is 1370. The van der Waals surface area contributed by atoms with Crippen LogP contribution in [0.4, 0.5) is 5.69 Å². The Hall–Kier alpha value is -3.08. The van der Waals surface area contributed by atoms with Gasteiger partial charge in [0.05, 0.1) is 19.1 Å². The van der Waals surface area contributed by atoms with Crippen molar-refractivity contribution in [3.05, 3.63) is 93.4 Å². The number of methoxy groups -OCH3 is 1. The third-order valence-electron chi connectivity index (χ3n) is 5.87. The summed E-state index contributed by atoms with van der Waals surface area (Å²) in [6, 6.07) is 20.3. The number of ether oxygens (including phenoxy) is 1. The number of halogens is 2. The number of amides is 2. The number of likely N-dealkylation sites (N-methyl/N-ethyl adjacent to an activating group) is 1. The van der Waals surface area contributed by atoms with E-state index >= 15 is 0 Å². The van der Waals surface area contributed by atoms with Crippen LogP contribution >= 0.6 is 27.5 Å². The van der Waals surface area contributed by atoms with Crippen molar-refractivity contribution in [1.82, 2.24) is 10.2 Å². The fraction of sp³-hybridized carbons (Fsp3) is 0.259. The van der Waals surface area contributed by atoms with Crippen molar-refractivity contribution in [2.24, 2.45) is 0 Å². The molecule has 1 unspecified atom stereocenters. The summed E-state index contributed by atoms with van der Waals surface area (Å²) in [4.78, 5) is 28.5. The first kappa shape index (κ1) is 29.5. The van der Waals surface area contributed by atoms with E-state index in [9.17, 15) is 18.0 Å². The number of hydrogen-bond acceptors (Lipinski definition) is 5. The summed E-state index contributed by atoms with van der Waals surface area (Å²) in [6.45, 7) is -0.477. The highest BCUT2D eigenvalue weighted by molar-refractivity contribution is 9.10. The van der Waals surface area contributed by atoms with Gasteiger partial charge in [0.1, 0.15) is 18.3 Å². The SMILES string of the molecule is CNC(=O)C(Cc1ccccc1)N(Cc1ccc(Br)cc1)C(=O)CN(c1cc(Cl)ccc1OC)S(C)(=O)=O. The Morgan fingerprint density at radius 1 is 1.03 bits per heavy atom. The van der Waals surface area contributed by atoms with Crippen molar-refractivity contribution in [2.45, 2.75) is 19.0 Å². The number of anilines is 1. The Kier molecular flexibility index (Phi) is 10.2. The maximum absolute atomic E-state index is 13.9. The van der Waals surface area contributed by atoms with Crippen LogP contribution in [0.3, 0.4) is 0 Å². The summed E-state index contributed by atoms with van der Waals surface area (Å²) < 4.78 is 32.9. The molecule has 0 saturated heterocycles. The van der Waals surface area contributed by atoms with Crippen molar-refractivity contribution in [3.8, 4) is 5.75 Å². The first-order valence-electron chi connectivity index (χ1n) is 11.6. The minimum Gasteiger partial charge on any atom is -0.495 e. The van der Waals surface area contributed by atoms with Gasteiger partial charge >= 0.3 is 0 Å². The van der Waals surface area contributed by atoms with Crippen LogP contribution in [0, 0.1) is 0 Å². The predicted octanol–water partition coefficient (Wildman–Crippen LogP) is 4.26. The van der Waals surface area contributed by atoms with E-state index in [-0.39, 0.29) is 35.3 Å². The van der Waals surface area contributed by atoms with Crippen molar-refractivity contribution in [1.29, 1.82) is 0 Å². The summed E-state index contributed by atoms with van der Waals surface area (Å²) >= 11 is 9.57. The Morgan fingerprint density at radius 2 is 1.68 bits per heavy atom. The molecule has 38 heavy (non-hydrogen) atoms. The van der Waals surface area contributed by atoms with Crippen LogP contribution in [-0.2, 0) is 32.6 Å². The van der Waals surface area contributed by atoms with E-state index in [4.69, 9.17) is 16.3 Å². The van der Waals surface area contributed by atoms with Crippen molar-refractivity contribution >= 4 is 55.1 Å². The van der Waals surface area contributed by atoms with Crippen molar-refractivity contribution in [2.75, 3.05) is 31.3 Å². The number of benzene rings is 3. The second kappa shape index (κ2) is 13.1. The summed E-state index contributed by atoms with van der Waals surface area (Å²) in [7, 11) is -1.04. The molecule has 1 atom stereocenters. The molecular formula is C27H29BrClN3O5S. The van der Waals surface area contributed by atoms with Gasteiger partial charge in [-0.05, 0) is 41.5 Å². The first-order valence-corrected chi connectivity index (χ1v) is 14.7. The maximum Gasteiger partial charge on any atom is 0.244 e. The molecule has 0 radical (unpaired) electrons. The normalized spacial score (nSPS) is 11.9. The Morgan fingerprint density at radius 3 is 2.26 bits per heavy atom. The van der Waals surface area contributed by atoms with E-state index < -0.39 is 28.5 Å². The van der Waals surface area contributed by atoms with Crippen LogP contribution < -0.4 is 14.4 Å². The van der Waals surface area contributed by atoms with Gasteiger partial charge in [-0.3, -0.25) is 13.9 Å². The molecule has 0 spiro atoms. The summed E-state index contributed by atoms with van der Waals surface area (Å²) in [6.07, 6.45) is 1.24. The minimum absolute atomic E-state index is 0.0846. The largest absolute Gasteiger partial charge is 0.495 e. The summed E-state index contributed by atoms with van der Waals surface area (Å²) in [5.74, 6) is -0.699. The lowest BCUT2D eigenvalue weighted by Gasteiger charge is -2.33. The van der Waals surface area contributed by atoms with Gasteiger partial charge in [0.25, 0.3) is 0 Å². The molecule has 1 N–H and O–H groups in total. The zero-order valence-corrected chi connectivity index (χ0v) is 24.4. The molecule has 3 rings (SSSR count). The zero-order chi connectivity index (χ0) is 27.9. The van der Waals surface area contributed by atoms with E-state index in [0.717, 1.165) is 26.2 Å². The number of carbonyl (C=O) groups is 2. The molecule has 11 heteroatoms. The Labute approximate surface area is 236 Å². The predicted molar refractivity (Wildman–Crippen MR) is 153 cm³/mol. The molecule has 0 aliphatic rings. The van der Waals surface area contributed by atoms with E-state index in [2.05, 4.69) is 21.2 Å². The highest BCUT2D eigenvalue weighted by atomic mass is 79.9. The molecule has 0 aliphatic heterocycles. The van der Waals surface area contributed by atoms with Crippen LogP contribution in [0.2, 0.25) is 5.02 Å². The van der Waals surface area contributed by atoms with Crippen LogP contribution in [0.25, 0.3) is 0 Å². The first-order chi connectivity index (χ1) is 18.0. The van der Waals surface area contributed by atoms with Crippen molar-refractivity contribution < 1.29 is 22.7 Å². The Balaban J connectivity index is 2.06. The van der Waals surface area contributed by atoms with Crippen LogP contribution in [0.1, 0.15) is 11.1 Å². The number of nitrogens with zero attached hydrogens (tertiary/aromatic N) is 2. The lowest BCUT2D eigenvalue weighted by molar-refractivity contribution is -0.139. The topological polar surface area (TPSA) is 96.0 Å². The number of sulfonamides is 1. The summed E-state index contributed by atoms with van der Waals surface area (Å²) in [5, 5.41) is 2.93. The van der Waals surface area contributed by atoms with Crippen LogP contribution in [0.5, 0.6) is 5.75 Å². The molecule has 3 aromatic carbocycles. The fourth-order valence-electron chi connectivity index (χ4n) is 3.96. The van der Waals surface area contributed by atoms with Gasteiger partial charge in [-0.25, -0.2) is 8.42 Å². The smallest absolute Gasteiger partial charge is 0.244 e. The van der Waals surface area contributed by atoms with Gasteiger partial charge in [-0.1, -0.05) is 70.0 Å². The fourth-order valence-corrected chi connectivity index (χ4v) is 5.24. The van der Waals surface area contributed by atoms with Gasteiger partial charge in [0.2, 0.25) is 21.8 Å². The number of nitrogens with one attached hydrogen (secondary N) is 1. The third-order valence-corrected chi connectivity index (χ3v) is 7.76. The molecule has 0 aliphatic carbocycles. The molecule has 0 bridgehead atoms. The second-order valence-corrected chi connectivity index (χ2v) is 11.8. The number of carbonyl (C=O) groups excluding carboxylic acids is 2. The van der Waals surface area contributed by atoms with Gasteiger partial charge < -0.3 is 15.0 Å². The molecule has 202 valence electrons. The van der Waals surface area contributed by atoms with E-state index in [0.29, 0.717) is 0 Å². The molecule has 8 nitrogen and oxygen atoms in total. The number of rotatable bonds is 11. The van der Waals surface area contributed by atoms with E-state index in [1.807, 2.05) is 54.6 Å². The molecule has 0 fully saturated rings. The molecular weight excluding hydrogens is 594 g/mol. The van der Waals surface area contributed by atoms with E-state index in [1.54, 1.807) is 6.07 Å². The van der Waals surface area contributed by atoms with Gasteiger partial charge in [0.15, 0.2) is 0 Å². The molecule has 0 heterocycles. The van der Waals surface area contributed by atoms with Crippen LogP contribution in [-0.4, -0.2) is 58.1 Å². The molecule has 2 amide bonds. The highest BCUT2D eigenvalue weighted by Crippen LogP contribution is 2.33. The lowest BCUT2D eigenvalue weighted by Crippen LogP contribution is -2.52. The number of hydrogen-bond donors (Lipinski definition) is 1. The molecule has 0 saturated carbocycles. The lowest BCUT2D eigenvalue weighted by atomic mass is 10.0. The zero-order valence-electron chi connectivity index (χ0n) is 21.2. The molecule has 3 aromatic rings. The minimum atomic E-state index is -3.94. The van der Waals surface area contributed by atoms with E-state index in [1.165, 1.54) is 31.2 Å². The van der Waals surface area contributed by atoms with Gasteiger partial charge in [-0.15, -0.1) is 0 Å². The average molecular weight is 623 g/mol. The van der Waals surface area contributed by atoms with Gasteiger partial charge in [-0.2, -0.15) is 0 Å². The van der Waals surface area contributed by atoms with Crippen molar-refractivity contribution in [3.63, 3.8) is 0 Å². The quantitative estimate of drug-likeness (QED) is 0.345. The monoisotopic (exact) mass is 621 g/mol.